The average Bonchev–Trinajstić information content (AvgIpc) is 3.34. The number of carbonyl (C=O) groups excluding carboxylic acids is 1. The van der Waals surface area contributed by atoms with E-state index >= 15 is 0 Å². The van der Waals surface area contributed by atoms with Crippen molar-refractivity contribution in [2.45, 2.75) is 24.3 Å². The fourth-order valence-electron chi connectivity index (χ4n) is 3.66. The maximum absolute atomic E-state index is 13.3. The van der Waals surface area contributed by atoms with Crippen LogP contribution in [0.5, 0.6) is 0 Å². The number of benzene rings is 3. The zero-order valence-corrected chi connectivity index (χ0v) is 17.5. The summed E-state index contributed by atoms with van der Waals surface area (Å²) in [5, 5.41) is 0. The second-order valence-corrected chi connectivity index (χ2v) is 9.29. The Bertz CT molecular complexity index is 1090. The van der Waals surface area contributed by atoms with Gasteiger partial charge in [-0.2, -0.15) is 4.31 Å². The van der Waals surface area contributed by atoms with E-state index in [-0.39, 0.29) is 10.8 Å². The lowest BCUT2D eigenvalue weighted by molar-refractivity contribution is 0.0985. The van der Waals surface area contributed by atoms with Crippen molar-refractivity contribution in [3.8, 4) is 0 Å². The van der Waals surface area contributed by atoms with Crippen molar-refractivity contribution >= 4 is 21.6 Å². The maximum Gasteiger partial charge on any atom is 0.258 e. The van der Waals surface area contributed by atoms with Crippen LogP contribution in [0.3, 0.4) is 0 Å². The van der Waals surface area contributed by atoms with Gasteiger partial charge in [0.2, 0.25) is 10.0 Å². The second kappa shape index (κ2) is 8.81. The Hall–Kier alpha value is -2.96. The van der Waals surface area contributed by atoms with Crippen LogP contribution in [0.1, 0.15) is 28.8 Å². The van der Waals surface area contributed by atoms with Gasteiger partial charge in [-0.15, -0.1) is 0 Å². The van der Waals surface area contributed by atoms with Gasteiger partial charge >= 0.3 is 0 Å². The van der Waals surface area contributed by atoms with E-state index in [0.29, 0.717) is 25.2 Å². The lowest BCUT2D eigenvalue weighted by Crippen LogP contribution is -2.30. The Kier molecular flexibility index (Phi) is 5.97. The van der Waals surface area contributed by atoms with Crippen molar-refractivity contribution in [1.29, 1.82) is 0 Å². The number of para-hydroxylation sites is 1. The third-order valence-electron chi connectivity index (χ3n) is 5.30. The van der Waals surface area contributed by atoms with E-state index in [1.165, 1.54) is 16.4 Å². The minimum Gasteiger partial charge on any atom is -0.304 e. The van der Waals surface area contributed by atoms with Crippen LogP contribution >= 0.6 is 0 Å². The van der Waals surface area contributed by atoms with Crippen LogP contribution in [0.15, 0.2) is 89.8 Å². The third-order valence-corrected chi connectivity index (χ3v) is 7.21. The van der Waals surface area contributed by atoms with Crippen molar-refractivity contribution in [1.82, 2.24) is 4.31 Å². The van der Waals surface area contributed by atoms with Crippen LogP contribution in [0.25, 0.3) is 0 Å². The van der Waals surface area contributed by atoms with Crippen molar-refractivity contribution < 1.29 is 13.2 Å². The summed E-state index contributed by atoms with van der Waals surface area (Å²) in [6.45, 7) is 1.54. The number of carbonyl (C=O) groups is 1. The predicted molar refractivity (Wildman–Crippen MR) is 118 cm³/mol. The van der Waals surface area contributed by atoms with Gasteiger partial charge in [-0.1, -0.05) is 48.5 Å². The monoisotopic (exact) mass is 420 g/mol. The molecule has 0 atom stereocenters. The highest BCUT2D eigenvalue weighted by Gasteiger charge is 2.27. The Morgan fingerprint density at radius 1 is 0.800 bits per heavy atom. The Morgan fingerprint density at radius 2 is 1.37 bits per heavy atom. The first-order valence-electron chi connectivity index (χ1n) is 10.1. The first-order chi connectivity index (χ1) is 14.6. The van der Waals surface area contributed by atoms with E-state index in [2.05, 4.69) is 0 Å². The third kappa shape index (κ3) is 4.30. The molecule has 3 aromatic carbocycles. The van der Waals surface area contributed by atoms with Crippen molar-refractivity contribution in [2.24, 2.45) is 0 Å². The topological polar surface area (TPSA) is 57.7 Å². The SMILES string of the molecule is O=C(c1ccc(S(=O)(=O)N2CCCC2)cc1)N(Cc1ccccc1)c1ccccc1. The van der Waals surface area contributed by atoms with Crippen molar-refractivity contribution in [3.63, 3.8) is 0 Å². The molecule has 5 nitrogen and oxygen atoms in total. The minimum atomic E-state index is -3.49. The highest BCUT2D eigenvalue weighted by Crippen LogP contribution is 2.23. The van der Waals surface area contributed by atoms with Crippen molar-refractivity contribution in [2.75, 3.05) is 18.0 Å². The zero-order valence-electron chi connectivity index (χ0n) is 16.6. The van der Waals surface area contributed by atoms with Gasteiger partial charge in [0.15, 0.2) is 0 Å². The molecule has 1 aliphatic heterocycles. The van der Waals surface area contributed by atoms with E-state index in [1.807, 2.05) is 60.7 Å². The van der Waals surface area contributed by atoms with Gasteiger partial charge < -0.3 is 4.90 Å². The molecular weight excluding hydrogens is 396 g/mol. The zero-order chi connectivity index (χ0) is 21.0. The molecule has 30 heavy (non-hydrogen) atoms. The van der Waals surface area contributed by atoms with Gasteiger partial charge in [0.1, 0.15) is 0 Å². The van der Waals surface area contributed by atoms with Crippen LogP contribution in [-0.4, -0.2) is 31.7 Å². The summed E-state index contributed by atoms with van der Waals surface area (Å²) < 4.78 is 27.0. The first-order valence-corrected chi connectivity index (χ1v) is 11.5. The quantitative estimate of drug-likeness (QED) is 0.597. The summed E-state index contributed by atoms with van der Waals surface area (Å²) in [5.41, 5.74) is 2.26. The number of amides is 1. The van der Waals surface area contributed by atoms with Crippen LogP contribution < -0.4 is 4.90 Å². The normalized spacial score (nSPS) is 14.5. The van der Waals surface area contributed by atoms with Gasteiger partial charge in [0, 0.05) is 24.3 Å². The van der Waals surface area contributed by atoms with Crippen molar-refractivity contribution in [3.05, 3.63) is 96.1 Å². The molecule has 1 amide bonds. The van der Waals surface area contributed by atoms with Crippen LogP contribution in [-0.2, 0) is 16.6 Å². The number of anilines is 1. The van der Waals surface area contributed by atoms with E-state index in [1.54, 1.807) is 17.0 Å². The molecule has 0 saturated carbocycles. The van der Waals surface area contributed by atoms with Gasteiger partial charge in [0.25, 0.3) is 5.91 Å². The fraction of sp³-hybridized carbons (Fsp3) is 0.208. The van der Waals surface area contributed by atoms with Crippen LogP contribution in [0, 0.1) is 0 Å². The average molecular weight is 421 g/mol. The molecule has 0 aliphatic carbocycles. The first kappa shape index (κ1) is 20.3. The van der Waals surface area contributed by atoms with Gasteiger partial charge in [0.05, 0.1) is 11.4 Å². The Labute approximate surface area is 177 Å². The molecule has 4 rings (SSSR count). The number of nitrogens with zero attached hydrogens (tertiary/aromatic N) is 2. The smallest absolute Gasteiger partial charge is 0.258 e. The molecule has 0 aromatic heterocycles. The molecule has 1 saturated heterocycles. The molecule has 0 bridgehead atoms. The standard InChI is InChI=1S/C24H24N2O3S/c27-24(21-13-15-23(16-14-21)30(28,29)25-17-7-8-18-25)26(22-11-5-2-6-12-22)19-20-9-3-1-4-10-20/h1-6,9-16H,7-8,17-19H2. The van der Waals surface area contributed by atoms with Gasteiger partial charge in [-0.3, -0.25) is 4.79 Å². The molecular formula is C24H24N2O3S. The summed E-state index contributed by atoms with van der Waals surface area (Å²) in [6, 6.07) is 25.6. The molecule has 0 spiro atoms. The summed E-state index contributed by atoms with van der Waals surface area (Å²) in [4.78, 5) is 15.3. The highest BCUT2D eigenvalue weighted by molar-refractivity contribution is 7.89. The molecule has 1 aliphatic rings. The Balaban J connectivity index is 1.61. The molecule has 3 aromatic rings. The summed E-state index contributed by atoms with van der Waals surface area (Å²) in [7, 11) is -3.49. The van der Waals surface area contributed by atoms with Gasteiger partial charge in [-0.05, 0) is 54.8 Å². The summed E-state index contributed by atoms with van der Waals surface area (Å²) >= 11 is 0. The molecule has 0 unspecified atom stereocenters. The number of rotatable bonds is 6. The molecule has 1 heterocycles. The van der Waals surface area contributed by atoms with E-state index in [4.69, 9.17) is 0 Å². The van der Waals surface area contributed by atoms with Gasteiger partial charge in [-0.25, -0.2) is 8.42 Å². The predicted octanol–water partition coefficient (Wildman–Crippen LogP) is 4.32. The van der Waals surface area contributed by atoms with Crippen LogP contribution in [0.2, 0.25) is 0 Å². The highest BCUT2D eigenvalue weighted by atomic mass is 32.2. The minimum absolute atomic E-state index is 0.171. The van der Waals surface area contributed by atoms with E-state index < -0.39 is 10.0 Å². The van der Waals surface area contributed by atoms with E-state index in [0.717, 1.165) is 24.1 Å². The maximum atomic E-state index is 13.3. The number of hydrogen-bond acceptors (Lipinski definition) is 3. The fourth-order valence-corrected chi connectivity index (χ4v) is 5.17. The molecule has 0 N–H and O–H groups in total. The summed E-state index contributed by atoms with van der Waals surface area (Å²) in [6.07, 6.45) is 1.78. The lowest BCUT2D eigenvalue weighted by Gasteiger charge is -2.23. The summed E-state index contributed by atoms with van der Waals surface area (Å²) in [5.74, 6) is -0.171. The molecule has 1 fully saturated rings. The number of hydrogen-bond donors (Lipinski definition) is 0. The van der Waals surface area contributed by atoms with Crippen LogP contribution in [0.4, 0.5) is 5.69 Å². The second-order valence-electron chi connectivity index (χ2n) is 7.35. The number of sulfonamides is 1. The lowest BCUT2D eigenvalue weighted by atomic mass is 10.1. The molecule has 6 heteroatoms. The molecule has 154 valence electrons. The molecule has 0 radical (unpaired) electrons. The largest absolute Gasteiger partial charge is 0.304 e. The van der Waals surface area contributed by atoms with E-state index in [9.17, 15) is 13.2 Å². The Morgan fingerprint density at radius 3 is 1.97 bits per heavy atom.